The van der Waals surface area contributed by atoms with E-state index >= 15 is 0 Å². The molecule has 1 atom stereocenters. The highest BCUT2D eigenvalue weighted by Crippen LogP contribution is 2.32. The molecule has 0 saturated heterocycles. The minimum atomic E-state index is -1.15. The molecule has 6 heteroatoms. The number of fused-ring (bicyclic) bond motifs is 1. The first-order valence-corrected chi connectivity index (χ1v) is 9.48. The molecule has 2 amide bonds. The number of carboxylic acids is 1. The van der Waals surface area contributed by atoms with Crippen LogP contribution < -0.4 is 0 Å². The van der Waals surface area contributed by atoms with Gasteiger partial charge in [0, 0.05) is 0 Å². The molecule has 0 fully saturated rings. The highest BCUT2D eigenvalue weighted by Gasteiger charge is 2.41. The molecule has 0 aromatic heterocycles. The van der Waals surface area contributed by atoms with Crippen LogP contribution in [0.3, 0.4) is 0 Å². The third-order valence-electron chi connectivity index (χ3n) is 5.05. The second-order valence-electron chi connectivity index (χ2n) is 6.97. The Morgan fingerprint density at radius 1 is 0.867 bits per heavy atom. The SMILES string of the molecule is O=C(O)c1ccc2c(c1)C(=O)N([C@H](COCc1ccccc1)c1ccccc1)C2=O. The lowest BCUT2D eigenvalue weighted by atomic mass is 10.1. The van der Waals surface area contributed by atoms with E-state index in [0.717, 1.165) is 16.0 Å². The Balaban J connectivity index is 1.62. The fourth-order valence-corrected chi connectivity index (χ4v) is 3.53. The van der Waals surface area contributed by atoms with Gasteiger partial charge < -0.3 is 9.84 Å². The Kier molecular flexibility index (Phi) is 5.41. The molecule has 0 radical (unpaired) electrons. The van der Waals surface area contributed by atoms with E-state index < -0.39 is 23.8 Å². The van der Waals surface area contributed by atoms with Crippen molar-refractivity contribution in [1.29, 1.82) is 0 Å². The maximum atomic E-state index is 13.1. The number of rotatable bonds is 7. The van der Waals surface area contributed by atoms with E-state index in [0.29, 0.717) is 6.61 Å². The van der Waals surface area contributed by atoms with Gasteiger partial charge >= 0.3 is 5.97 Å². The molecule has 6 nitrogen and oxygen atoms in total. The summed E-state index contributed by atoms with van der Waals surface area (Å²) in [5, 5.41) is 9.22. The van der Waals surface area contributed by atoms with Gasteiger partial charge in [0.25, 0.3) is 11.8 Å². The van der Waals surface area contributed by atoms with Crippen molar-refractivity contribution in [2.24, 2.45) is 0 Å². The summed E-state index contributed by atoms with van der Waals surface area (Å²) < 4.78 is 5.87. The van der Waals surface area contributed by atoms with Gasteiger partial charge in [-0.1, -0.05) is 60.7 Å². The van der Waals surface area contributed by atoms with Gasteiger partial charge in [0.2, 0.25) is 0 Å². The van der Waals surface area contributed by atoms with Crippen molar-refractivity contribution in [2.75, 3.05) is 6.61 Å². The van der Waals surface area contributed by atoms with Crippen molar-refractivity contribution < 1.29 is 24.2 Å². The molecule has 0 saturated carbocycles. The Morgan fingerprint density at radius 3 is 2.17 bits per heavy atom. The second-order valence-corrected chi connectivity index (χ2v) is 6.97. The average Bonchev–Trinajstić information content (AvgIpc) is 3.02. The van der Waals surface area contributed by atoms with Gasteiger partial charge in [0.1, 0.15) is 0 Å². The maximum Gasteiger partial charge on any atom is 0.335 e. The lowest BCUT2D eigenvalue weighted by Gasteiger charge is -2.26. The highest BCUT2D eigenvalue weighted by atomic mass is 16.5. The van der Waals surface area contributed by atoms with Crippen molar-refractivity contribution in [3.8, 4) is 0 Å². The largest absolute Gasteiger partial charge is 0.478 e. The molecule has 1 N–H and O–H groups in total. The molecule has 150 valence electrons. The van der Waals surface area contributed by atoms with Gasteiger partial charge in [0.05, 0.1) is 35.9 Å². The number of nitrogens with zero attached hydrogens (tertiary/aromatic N) is 1. The molecule has 0 spiro atoms. The number of benzene rings is 3. The van der Waals surface area contributed by atoms with Crippen molar-refractivity contribution in [1.82, 2.24) is 4.90 Å². The quantitative estimate of drug-likeness (QED) is 0.606. The van der Waals surface area contributed by atoms with Gasteiger partial charge in [-0.3, -0.25) is 14.5 Å². The Labute approximate surface area is 173 Å². The minimum Gasteiger partial charge on any atom is -0.478 e. The van der Waals surface area contributed by atoms with Crippen molar-refractivity contribution in [3.63, 3.8) is 0 Å². The van der Waals surface area contributed by atoms with E-state index in [-0.39, 0.29) is 23.3 Å². The molecular formula is C24H19NO5. The number of aromatic carboxylic acids is 1. The zero-order valence-corrected chi connectivity index (χ0v) is 16.0. The number of hydrogen-bond acceptors (Lipinski definition) is 4. The fourth-order valence-electron chi connectivity index (χ4n) is 3.53. The summed E-state index contributed by atoms with van der Waals surface area (Å²) in [5.74, 6) is -2.12. The summed E-state index contributed by atoms with van der Waals surface area (Å²) in [7, 11) is 0. The fraction of sp³-hybridized carbons (Fsp3) is 0.125. The van der Waals surface area contributed by atoms with E-state index in [2.05, 4.69) is 0 Å². The number of ether oxygens (including phenoxy) is 1. The third kappa shape index (κ3) is 3.73. The number of hydrogen-bond donors (Lipinski definition) is 1. The van der Waals surface area contributed by atoms with Gasteiger partial charge in [-0.15, -0.1) is 0 Å². The van der Waals surface area contributed by atoms with Crippen molar-refractivity contribution in [3.05, 3.63) is 107 Å². The summed E-state index contributed by atoms with van der Waals surface area (Å²) in [5.41, 5.74) is 2.02. The van der Waals surface area contributed by atoms with E-state index in [1.165, 1.54) is 18.2 Å². The molecule has 4 rings (SSSR count). The highest BCUT2D eigenvalue weighted by molar-refractivity contribution is 6.22. The predicted octanol–water partition coefficient (Wildman–Crippen LogP) is 3.94. The normalized spacial score (nSPS) is 13.9. The molecule has 0 bridgehead atoms. The molecule has 3 aromatic carbocycles. The molecule has 1 aliphatic rings. The van der Waals surface area contributed by atoms with E-state index in [4.69, 9.17) is 4.74 Å². The molecule has 1 heterocycles. The van der Waals surface area contributed by atoms with Crippen LogP contribution in [0.5, 0.6) is 0 Å². The second kappa shape index (κ2) is 8.31. The molecular weight excluding hydrogens is 382 g/mol. The Morgan fingerprint density at radius 2 is 1.50 bits per heavy atom. The zero-order chi connectivity index (χ0) is 21.1. The average molecular weight is 401 g/mol. The predicted molar refractivity (Wildman–Crippen MR) is 109 cm³/mol. The van der Waals surface area contributed by atoms with Gasteiger partial charge in [-0.05, 0) is 29.3 Å². The van der Waals surface area contributed by atoms with Crippen LogP contribution in [0, 0.1) is 0 Å². The molecule has 1 aliphatic heterocycles. The van der Waals surface area contributed by atoms with Crippen LogP contribution in [0.15, 0.2) is 78.9 Å². The number of amides is 2. The summed E-state index contributed by atoms with van der Waals surface area (Å²) in [6.45, 7) is 0.465. The first-order valence-electron chi connectivity index (χ1n) is 9.48. The molecule has 0 aliphatic carbocycles. The van der Waals surface area contributed by atoms with Gasteiger partial charge in [-0.2, -0.15) is 0 Å². The topological polar surface area (TPSA) is 83.9 Å². The Bertz CT molecular complexity index is 1100. The van der Waals surface area contributed by atoms with Crippen LogP contribution in [-0.4, -0.2) is 34.4 Å². The number of carboxylic acid groups (broad SMARTS) is 1. The van der Waals surface area contributed by atoms with Crippen LogP contribution in [0.1, 0.15) is 48.2 Å². The van der Waals surface area contributed by atoms with E-state index in [9.17, 15) is 19.5 Å². The first kappa shape index (κ1) is 19.5. The van der Waals surface area contributed by atoms with Crippen LogP contribution in [0.4, 0.5) is 0 Å². The van der Waals surface area contributed by atoms with Crippen LogP contribution in [0.2, 0.25) is 0 Å². The maximum absolute atomic E-state index is 13.1. The van der Waals surface area contributed by atoms with E-state index in [1.54, 1.807) is 0 Å². The lowest BCUT2D eigenvalue weighted by molar-refractivity contribution is 0.0359. The Hall–Kier alpha value is -3.77. The number of imide groups is 1. The van der Waals surface area contributed by atoms with Crippen LogP contribution in [-0.2, 0) is 11.3 Å². The summed E-state index contributed by atoms with van der Waals surface area (Å²) in [6, 6.07) is 22.2. The third-order valence-corrected chi connectivity index (χ3v) is 5.05. The van der Waals surface area contributed by atoms with E-state index in [1.807, 2.05) is 60.7 Å². The van der Waals surface area contributed by atoms with Crippen LogP contribution >= 0.6 is 0 Å². The zero-order valence-electron chi connectivity index (χ0n) is 16.0. The van der Waals surface area contributed by atoms with Gasteiger partial charge in [0.15, 0.2) is 0 Å². The summed E-state index contributed by atoms with van der Waals surface area (Å²) in [4.78, 5) is 38.6. The smallest absolute Gasteiger partial charge is 0.335 e. The first-order chi connectivity index (χ1) is 14.6. The van der Waals surface area contributed by atoms with Crippen LogP contribution in [0.25, 0.3) is 0 Å². The van der Waals surface area contributed by atoms with Crippen molar-refractivity contribution >= 4 is 17.8 Å². The molecule has 30 heavy (non-hydrogen) atoms. The molecule has 0 unspecified atom stereocenters. The minimum absolute atomic E-state index is 0.0339. The summed E-state index contributed by atoms with van der Waals surface area (Å²) in [6.07, 6.45) is 0. The molecule has 3 aromatic rings. The number of carbonyl (C=O) groups excluding carboxylic acids is 2. The van der Waals surface area contributed by atoms with Gasteiger partial charge in [-0.25, -0.2) is 4.79 Å². The monoisotopic (exact) mass is 401 g/mol. The summed E-state index contributed by atoms with van der Waals surface area (Å²) >= 11 is 0. The number of carbonyl (C=O) groups is 3. The lowest BCUT2D eigenvalue weighted by Crippen LogP contribution is -2.36. The standard InChI is InChI=1S/C24H19NO5/c26-22-19-12-11-18(24(28)29)13-20(19)23(27)25(22)21(17-9-5-2-6-10-17)15-30-14-16-7-3-1-4-8-16/h1-13,21H,14-15H2,(H,28,29)/t21-/m1/s1. The van der Waals surface area contributed by atoms with Crippen molar-refractivity contribution in [2.45, 2.75) is 12.6 Å².